The summed E-state index contributed by atoms with van der Waals surface area (Å²) in [5.74, 6) is -1.10. The molecule has 20 heavy (non-hydrogen) atoms. The third kappa shape index (κ3) is 7.41. The van der Waals surface area contributed by atoms with Gasteiger partial charge in [-0.1, -0.05) is 45.4 Å². The van der Waals surface area contributed by atoms with E-state index >= 15 is 0 Å². The monoisotopic (exact) mass is 294 g/mol. The second-order valence-electron chi connectivity index (χ2n) is 5.81. The normalized spacial score (nSPS) is 26.0. The van der Waals surface area contributed by atoms with Crippen molar-refractivity contribution in [2.75, 3.05) is 13.2 Å². The van der Waals surface area contributed by atoms with Crippen molar-refractivity contribution in [2.45, 2.75) is 71.5 Å². The van der Waals surface area contributed by atoms with E-state index in [0.717, 1.165) is 12.8 Å². The minimum absolute atomic E-state index is 0. The molecule has 0 atom stereocenters. The number of aliphatic carboxylic acids is 1. The predicted molar refractivity (Wildman–Crippen MR) is 71.4 cm³/mol. The number of ether oxygens (including phenoxy) is 2. The molecular weight excluding hydrogens is 267 g/mol. The Morgan fingerprint density at radius 2 is 1.60 bits per heavy atom. The van der Waals surface area contributed by atoms with Crippen molar-refractivity contribution < 1.29 is 48.9 Å². The third-order valence-electron chi connectivity index (χ3n) is 3.71. The van der Waals surface area contributed by atoms with Gasteiger partial charge in [0.05, 0.1) is 24.6 Å². The molecule has 0 spiro atoms. The molecule has 0 aromatic carbocycles. The van der Waals surface area contributed by atoms with E-state index in [4.69, 9.17) is 9.47 Å². The van der Waals surface area contributed by atoms with Crippen LogP contribution in [0.1, 0.15) is 65.2 Å². The molecule has 0 aromatic rings. The number of rotatable bonds is 9. The largest absolute Gasteiger partial charge is 1.00 e. The van der Waals surface area contributed by atoms with Crippen LogP contribution in [0.25, 0.3) is 0 Å². The van der Waals surface area contributed by atoms with Gasteiger partial charge < -0.3 is 19.4 Å². The summed E-state index contributed by atoms with van der Waals surface area (Å²) in [6, 6.07) is 0. The van der Waals surface area contributed by atoms with Crippen LogP contribution in [0.5, 0.6) is 0 Å². The van der Waals surface area contributed by atoms with Crippen LogP contribution in [0, 0.1) is 5.41 Å². The smallest absolute Gasteiger partial charge is 0.549 e. The standard InChI is InChI=1S/C15H28O4.Na/c1-3-4-5-6-7-8-9-10-13-18-11-15(2,12-19-13)14(16)17;/h13H,3-12H2,1-2H3,(H,16,17);/q;+1/p-1. The molecule has 0 aromatic heterocycles. The van der Waals surface area contributed by atoms with Crippen LogP contribution in [0.15, 0.2) is 0 Å². The van der Waals surface area contributed by atoms with Crippen LogP contribution >= 0.6 is 0 Å². The molecule has 0 radical (unpaired) electrons. The SMILES string of the molecule is CCCCCCCCCC1OCC(C)(C(=O)[O-])CO1.[Na+]. The molecule has 1 heterocycles. The molecule has 1 saturated heterocycles. The molecule has 1 rings (SSSR count). The second kappa shape index (κ2) is 11.0. The van der Waals surface area contributed by atoms with Crippen molar-refractivity contribution in [3.8, 4) is 0 Å². The first-order valence-corrected chi connectivity index (χ1v) is 7.53. The van der Waals surface area contributed by atoms with E-state index in [9.17, 15) is 9.90 Å². The van der Waals surface area contributed by atoms with Crippen molar-refractivity contribution in [3.05, 3.63) is 0 Å². The summed E-state index contributed by atoms with van der Waals surface area (Å²) in [4.78, 5) is 10.9. The molecule has 0 bridgehead atoms. The Hall–Kier alpha value is 0.390. The summed E-state index contributed by atoms with van der Waals surface area (Å²) < 4.78 is 10.9. The van der Waals surface area contributed by atoms with Crippen LogP contribution in [-0.2, 0) is 14.3 Å². The molecule has 0 unspecified atom stereocenters. The maximum absolute atomic E-state index is 10.9. The molecule has 0 aliphatic carbocycles. The Morgan fingerprint density at radius 1 is 1.10 bits per heavy atom. The van der Waals surface area contributed by atoms with Gasteiger partial charge in [0.25, 0.3) is 0 Å². The van der Waals surface area contributed by atoms with Crippen molar-refractivity contribution in [1.82, 2.24) is 0 Å². The van der Waals surface area contributed by atoms with E-state index in [1.54, 1.807) is 6.92 Å². The zero-order valence-corrected chi connectivity index (χ0v) is 15.3. The molecule has 4 nitrogen and oxygen atoms in total. The molecule has 0 amide bonds. The predicted octanol–water partition coefficient (Wildman–Crippen LogP) is -0.740. The summed E-state index contributed by atoms with van der Waals surface area (Å²) in [5, 5.41) is 10.9. The second-order valence-corrected chi connectivity index (χ2v) is 5.81. The number of carbonyl (C=O) groups excluding carboxylic acids is 1. The summed E-state index contributed by atoms with van der Waals surface area (Å²) in [6.07, 6.45) is 9.42. The quantitative estimate of drug-likeness (QED) is 0.415. The fourth-order valence-electron chi connectivity index (χ4n) is 2.20. The van der Waals surface area contributed by atoms with Crippen LogP contribution in [0.4, 0.5) is 0 Å². The van der Waals surface area contributed by atoms with Crippen LogP contribution in [0.3, 0.4) is 0 Å². The molecule has 1 aliphatic heterocycles. The number of carboxylic acid groups (broad SMARTS) is 1. The van der Waals surface area contributed by atoms with Gasteiger partial charge in [0.1, 0.15) is 0 Å². The molecule has 5 heteroatoms. The molecule has 0 saturated carbocycles. The van der Waals surface area contributed by atoms with Gasteiger partial charge >= 0.3 is 29.6 Å². The first-order valence-electron chi connectivity index (χ1n) is 7.53. The van der Waals surface area contributed by atoms with Gasteiger partial charge in [0.2, 0.25) is 0 Å². The van der Waals surface area contributed by atoms with E-state index in [-0.39, 0.29) is 49.1 Å². The maximum atomic E-state index is 10.9. The molecule has 1 fully saturated rings. The maximum Gasteiger partial charge on any atom is 1.00 e. The number of carboxylic acids is 1. The first-order chi connectivity index (χ1) is 9.08. The first kappa shape index (κ1) is 20.4. The Bertz CT molecular complexity index is 263. The van der Waals surface area contributed by atoms with Gasteiger partial charge in [-0.15, -0.1) is 0 Å². The van der Waals surface area contributed by atoms with Crippen molar-refractivity contribution in [3.63, 3.8) is 0 Å². The Balaban J connectivity index is 0.00000361. The zero-order valence-electron chi connectivity index (χ0n) is 13.3. The zero-order chi connectivity index (χ0) is 14.1. The summed E-state index contributed by atoms with van der Waals surface area (Å²) in [7, 11) is 0. The van der Waals surface area contributed by atoms with Crippen LogP contribution in [-0.4, -0.2) is 25.5 Å². The Morgan fingerprint density at radius 3 is 2.10 bits per heavy atom. The van der Waals surface area contributed by atoms with Gasteiger partial charge in [-0.2, -0.15) is 0 Å². The number of unbranched alkanes of at least 4 members (excludes halogenated alkanes) is 6. The van der Waals surface area contributed by atoms with E-state index in [2.05, 4.69) is 6.92 Å². The molecule has 1 aliphatic rings. The topological polar surface area (TPSA) is 58.6 Å². The van der Waals surface area contributed by atoms with E-state index < -0.39 is 11.4 Å². The summed E-state index contributed by atoms with van der Waals surface area (Å²) >= 11 is 0. The van der Waals surface area contributed by atoms with E-state index in [1.807, 2.05) is 0 Å². The average Bonchev–Trinajstić information content (AvgIpc) is 2.40. The Kier molecular flexibility index (Phi) is 11.2. The minimum Gasteiger partial charge on any atom is -0.549 e. The van der Waals surface area contributed by atoms with Crippen molar-refractivity contribution in [2.24, 2.45) is 5.41 Å². The fourth-order valence-corrected chi connectivity index (χ4v) is 2.20. The molecule has 112 valence electrons. The van der Waals surface area contributed by atoms with E-state index in [0.29, 0.717) is 0 Å². The summed E-state index contributed by atoms with van der Waals surface area (Å²) in [6.45, 7) is 4.21. The Labute approximate surface area is 144 Å². The van der Waals surface area contributed by atoms with Crippen molar-refractivity contribution in [1.29, 1.82) is 0 Å². The fraction of sp³-hybridized carbons (Fsp3) is 0.933. The van der Waals surface area contributed by atoms with Gasteiger partial charge in [0.15, 0.2) is 6.29 Å². The number of hydrogen-bond donors (Lipinski definition) is 0. The third-order valence-corrected chi connectivity index (χ3v) is 3.71. The van der Waals surface area contributed by atoms with Gasteiger partial charge in [0, 0.05) is 0 Å². The van der Waals surface area contributed by atoms with Gasteiger partial charge in [-0.05, 0) is 19.8 Å². The number of hydrogen-bond acceptors (Lipinski definition) is 4. The summed E-state index contributed by atoms with van der Waals surface area (Å²) in [5.41, 5.74) is -0.989. The van der Waals surface area contributed by atoms with Crippen LogP contribution in [0.2, 0.25) is 0 Å². The average molecular weight is 294 g/mol. The van der Waals surface area contributed by atoms with Gasteiger partial charge in [-0.3, -0.25) is 0 Å². The molecular formula is C15H27NaO4. The van der Waals surface area contributed by atoms with Gasteiger partial charge in [-0.25, -0.2) is 0 Å². The molecule has 0 N–H and O–H groups in total. The van der Waals surface area contributed by atoms with Crippen LogP contribution < -0.4 is 34.7 Å². The number of carbonyl (C=O) groups is 1. The van der Waals surface area contributed by atoms with E-state index in [1.165, 1.54) is 38.5 Å². The minimum atomic E-state index is -1.10. The van der Waals surface area contributed by atoms with Crippen molar-refractivity contribution >= 4 is 5.97 Å².